The first-order valence-electron chi connectivity index (χ1n) is 5.69. The number of rotatable bonds is 2. The fraction of sp³-hybridized carbons (Fsp3) is 0. The summed E-state index contributed by atoms with van der Waals surface area (Å²) in [7, 11) is 0. The highest BCUT2D eigenvalue weighted by atomic mass is 35.5. The van der Waals surface area contributed by atoms with E-state index in [4.69, 9.17) is 39.5 Å². The summed E-state index contributed by atoms with van der Waals surface area (Å²) in [6.45, 7) is 0. The predicted octanol–water partition coefficient (Wildman–Crippen LogP) is 5.38. The summed E-state index contributed by atoms with van der Waals surface area (Å²) in [6.07, 6.45) is 0. The van der Waals surface area contributed by atoms with Crippen LogP contribution in [0, 0.1) is 0 Å². The van der Waals surface area contributed by atoms with Crippen molar-refractivity contribution in [1.82, 2.24) is 10.2 Å². The SMILES string of the molecule is Clc1ccc(Oc2nnc(Cl)c3ccccc23)cc1Cl. The molecule has 0 saturated carbocycles. The van der Waals surface area contributed by atoms with Crippen LogP contribution in [0.1, 0.15) is 0 Å². The molecule has 0 aliphatic carbocycles. The highest BCUT2D eigenvalue weighted by molar-refractivity contribution is 6.42. The van der Waals surface area contributed by atoms with Gasteiger partial charge in [0.25, 0.3) is 0 Å². The number of hydrogen-bond donors (Lipinski definition) is 0. The molecule has 3 rings (SSSR count). The Hall–Kier alpha value is -1.55. The number of hydrogen-bond acceptors (Lipinski definition) is 3. The van der Waals surface area contributed by atoms with Crippen molar-refractivity contribution in [3.63, 3.8) is 0 Å². The maximum Gasteiger partial charge on any atom is 0.246 e. The van der Waals surface area contributed by atoms with Gasteiger partial charge in [-0.15, -0.1) is 10.2 Å². The molecular formula is C14H7Cl3N2O. The van der Waals surface area contributed by atoms with E-state index < -0.39 is 0 Å². The molecule has 0 atom stereocenters. The highest BCUT2D eigenvalue weighted by Crippen LogP contribution is 2.33. The van der Waals surface area contributed by atoms with Crippen molar-refractivity contribution >= 4 is 45.6 Å². The molecule has 0 unspecified atom stereocenters. The third kappa shape index (κ3) is 2.52. The third-order valence-electron chi connectivity index (χ3n) is 2.71. The monoisotopic (exact) mass is 324 g/mol. The normalized spacial score (nSPS) is 10.8. The van der Waals surface area contributed by atoms with Gasteiger partial charge < -0.3 is 4.74 Å². The second-order valence-electron chi connectivity index (χ2n) is 4.02. The maximum atomic E-state index is 6.01. The molecule has 0 N–H and O–H groups in total. The van der Waals surface area contributed by atoms with Gasteiger partial charge in [-0.3, -0.25) is 0 Å². The molecule has 100 valence electrons. The molecule has 1 heterocycles. The molecule has 0 fully saturated rings. The van der Waals surface area contributed by atoms with E-state index in [1.54, 1.807) is 18.2 Å². The molecule has 0 amide bonds. The lowest BCUT2D eigenvalue weighted by molar-refractivity contribution is 0.462. The Morgan fingerprint density at radius 1 is 0.800 bits per heavy atom. The van der Waals surface area contributed by atoms with Gasteiger partial charge in [-0.05, 0) is 18.2 Å². The first-order chi connectivity index (χ1) is 9.65. The largest absolute Gasteiger partial charge is 0.437 e. The van der Waals surface area contributed by atoms with Gasteiger partial charge in [0.1, 0.15) is 5.75 Å². The van der Waals surface area contributed by atoms with E-state index in [-0.39, 0.29) is 0 Å². The van der Waals surface area contributed by atoms with Crippen LogP contribution in [0.25, 0.3) is 10.8 Å². The molecule has 1 aromatic heterocycles. The molecule has 0 radical (unpaired) electrons. The summed E-state index contributed by atoms with van der Waals surface area (Å²) in [6, 6.07) is 12.5. The summed E-state index contributed by atoms with van der Waals surface area (Å²) < 4.78 is 5.71. The van der Waals surface area contributed by atoms with Crippen molar-refractivity contribution in [2.75, 3.05) is 0 Å². The van der Waals surface area contributed by atoms with Crippen molar-refractivity contribution in [3.05, 3.63) is 57.7 Å². The predicted molar refractivity (Wildman–Crippen MR) is 81.1 cm³/mol. The summed E-state index contributed by atoms with van der Waals surface area (Å²) in [5.74, 6) is 0.893. The molecule has 6 heteroatoms. The van der Waals surface area contributed by atoms with Crippen LogP contribution >= 0.6 is 34.8 Å². The van der Waals surface area contributed by atoms with Crippen LogP contribution in [0.4, 0.5) is 0 Å². The lowest BCUT2D eigenvalue weighted by Crippen LogP contribution is -1.93. The number of ether oxygens (including phenoxy) is 1. The van der Waals surface area contributed by atoms with Gasteiger partial charge in [0, 0.05) is 16.8 Å². The standard InChI is InChI=1S/C14H7Cl3N2O/c15-11-6-5-8(7-12(11)16)20-14-10-4-2-1-3-9(10)13(17)18-19-14/h1-7H. The Labute approximate surface area is 130 Å². The number of benzene rings is 2. The quantitative estimate of drug-likeness (QED) is 0.634. The van der Waals surface area contributed by atoms with Crippen molar-refractivity contribution in [1.29, 1.82) is 0 Å². The zero-order chi connectivity index (χ0) is 14.1. The average molecular weight is 326 g/mol. The van der Waals surface area contributed by atoms with Crippen molar-refractivity contribution < 1.29 is 4.74 Å². The summed E-state index contributed by atoms with van der Waals surface area (Å²) >= 11 is 17.8. The zero-order valence-electron chi connectivity index (χ0n) is 9.98. The molecule has 0 aliphatic heterocycles. The van der Waals surface area contributed by atoms with Gasteiger partial charge in [-0.25, -0.2) is 0 Å². The zero-order valence-corrected chi connectivity index (χ0v) is 12.2. The topological polar surface area (TPSA) is 35.0 Å². The number of aromatic nitrogens is 2. The van der Waals surface area contributed by atoms with Crippen LogP contribution in [-0.4, -0.2) is 10.2 Å². The van der Waals surface area contributed by atoms with Crippen molar-refractivity contribution in [3.8, 4) is 11.6 Å². The van der Waals surface area contributed by atoms with Crippen LogP contribution in [0.3, 0.4) is 0 Å². The summed E-state index contributed by atoms with van der Waals surface area (Å²) in [4.78, 5) is 0. The van der Waals surface area contributed by atoms with Crippen LogP contribution in [0.15, 0.2) is 42.5 Å². The Morgan fingerprint density at radius 3 is 2.30 bits per heavy atom. The van der Waals surface area contributed by atoms with E-state index in [0.717, 1.165) is 10.8 Å². The van der Waals surface area contributed by atoms with E-state index in [2.05, 4.69) is 10.2 Å². The molecular weight excluding hydrogens is 319 g/mol. The second kappa shape index (κ2) is 5.44. The maximum absolute atomic E-state index is 6.01. The van der Waals surface area contributed by atoms with Gasteiger partial charge in [0.05, 0.1) is 10.0 Å². The van der Waals surface area contributed by atoms with Crippen LogP contribution in [-0.2, 0) is 0 Å². The Balaban J connectivity index is 2.06. The molecule has 20 heavy (non-hydrogen) atoms. The van der Waals surface area contributed by atoms with Crippen molar-refractivity contribution in [2.45, 2.75) is 0 Å². The molecule has 0 spiro atoms. The van der Waals surface area contributed by atoms with Gasteiger partial charge in [0.2, 0.25) is 5.88 Å². The second-order valence-corrected chi connectivity index (χ2v) is 5.19. The molecule has 3 aromatic rings. The Kier molecular flexibility index (Phi) is 3.66. The minimum absolute atomic E-state index is 0.335. The van der Waals surface area contributed by atoms with Gasteiger partial charge in [-0.1, -0.05) is 53.0 Å². The average Bonchev–Trinajstić information content (AvgIpc) is 2.46. The lowest BCUT2D eigenvalue weighted by atomic mass is 10.2. The molecule has 0 aliphatic rings. The summed E-state index contributed by atoms with van der Waals surface area (Å²) in [5, 5.41) is 10.6. The lowest BCUT2D eigenvalue weighted by Gasteiger charge is -2.08. The molecule has 2 aromatic carbocycles. The van der Waals surface area contributed by atoms with Crippen molar-refractivity contribution in [2.24, 2.45) is 0 Å². The number of halogens is 3. The van der Waals surface area contributed by atoms with Gasteiger partial charge in [0.15, 0.2) is 5.15 Å². The van der Waals surface area contributed by atoms with E-state index in [0.29, 0.717) is 26.8 Å². The van der Waals surface area contributed by atoms with E-state index in [1.165, 1.54) is 0 Å². The van der Waals surface area contributed by atoms with E-state index in [9.17, 15) is 0 Å². The number of fused-ring (bicyclic) bond motifs is 1. The molecule has 3 nitrogen and oxygen atoms in total. The van der Waals surface area contributed by atoms with Crippen LogP contribution < -0.4 is 4.74 Å². The van der Waals surface area contributed by atoms with Gasteiger partial charge in [-0.2, -0.15) is 0 Å². The fourth-order valence-electron chi connectivity index (χ4n) is 1.77. The minimum Gasteiger partial charge on any atom is -0.437 e. The summed E-state index contributed by atoms with van der Waals surface area (Å²) in [5.41, 5.74) is 0. The first-order valence-corrected chi connectivity index (χ1v) is 6.82. The molecule has 0 bridgehead atoms. The van der Waals surface area contributed by atoms with E-state index >= 15 is 0 Å². The van der Waals surface area contributed by atoms with Crippen LogP contribution in [0.2, 0.25) is 15.2 Å². The van der Waals surface area contributed by atoms with Crippen LogP contribution in [0.5, 0.6) is 11.6 Å². The fourth-order valence-corrected chi connectivity index (χ4v) is 2.26. The third-order valence-corrected chi connectivity index (χ3v) is 3.73. The smallest absolute Gasteiger partial charge is 0.246 e. The molecule has 0 saturated heterocycles. The minimum atomic E-state index is 0.335. The Morgan fingerprint density at radius 2 is 1.55 bits per heavy atom. The number of nitrogens with zero attached hydrogens (tertiary/aromatic N) is 2. The van der Waals surface area contributed by atoms with E-state index in [1.807, 2.05) is 24.3 Å². The highest BCUT2D eigenvalue weighted by Gasteiger charge is 2.10. The first kappa shape index (κ1) is 13.4. The van der Waals surface area contributed by atoms with Gasteiger partial charge >= 0.3 is 0 Å². The Bertz CT molecular complexity index is 792.